The fourth-order valence-electron chi connectivity index (χ4n) is 2.02. The molecule has 1 aliphatic rings. The molecule has 0 spiro atoms. The molecule has 0 unspecified atom stereocenters. The van der Waals surface area contributed by atoms with Gasteiger partial charge in [-0.15, -0.1) is 0 Å². The number of aliphatic imine (C=N–C) groups is 1. The lowest BCUT2D eigenvalue weighted by atomic mass is 10.1. The second kappa shape index (κ2) is 6.98. The van der Waals surface area contributed by atoms with Gasteiger partial charge in [-0.2, -0.15) is 13.2 Å². The van der Waals surface area contributed by atoms with Gasteiger partial charge in [-0.1, -0.05) is 6.07 Å². The van der Waals surface area contributed by atoms with Crippen LogP contribution in [0.4, 0.5) is 17.6 Å². The van der Waals surface area contributed by atoms with Crippen molar-refractivity contribution < 1.29 is 17.6 Å². The molecule has 1 aliphatic carbocycles. The fourth-order valence-corrected chi connectivity index (χ4v) is 2.02. The smallest absolute Gasteiger partial charge is 0.357 e. The van der Waals surface area contributed by atoms with Crippen LogP contribution in [0.5, 0.6) is 0 Å². The number of benzene rings is 1. The van der Waals surface area contributed by atoms with Crippen LogP contribution in [-0.4, -0.2) is 19.0 Å². The summed E-state index contributed by atoms with van der Waals surface area (Å²) in [7, 11) is 0. The zero-order chi connectivity index (χ0) is 16.2. The zero-order valence-corrected chi connectivity index (χ0v) is 12.3. The van der Waals surface area contributed by atoms with Gasteiger partial charge in [0.2, 0.25) is 0 Å². The van der Waals surface area contributed by atoms with Crippen molar-refractivity contribution in [3.05, 3.63) is 35.1 Å². The topological polar surface area (TPSA) is 36.4 Å². The average molecular weight is 317 g/mol. The lowest BCUT2D eigenvalue weighted by Gasteiger charge is -2.13. The van der Waals surface area contributed by atoms with Crippen molar-refractivity contribution in [1.29, 1.82) is 0 Å². The SMILES string of the molecule is CCNC(=NCc1ccc(F)cc1C(F)(F)F)NCC1CC1. The molecule has 0 amide bonds. The molecular weight excluding hydrogens is 298 g/mol. The molecule has 0 saturated heterocycles. The highest BCUT2D eigenvalue weighted by Crippen LogP contribution is 2.33. The van der Waals surface area contributed by atoms with E-state index in [4.69, 9.17) is 0 Å². The Morgan fingerprint density at radius 1 is 1.27 bits per heavy atom. The van der Waals surface area contributed by atoms with Crippen LogP contribution in [0.3, 0.4) is 0 Å². The van der Waals surface area contributed by atoms with Crippen LogP contribution in [0.25, 0.3) is 0 Å². The summed E-state index contributed by atoms with van der Waals surface area (Å²) in [5.74, 6) is 0.200. The molecule has 22 heavy (non-hydrogen) atoms. The van der Waals surface area contributed by atoms with E-state index in [-0.39, 0.29) is 12.1 Å². The van der Waals surface area contributed by atoms with E-state index in [0.29, 0.717) is 24.5 Å². The highest BCUT2D eigenvalue weighted by Gasteiger charge is 2.33. The van der Waals surface area contributed by atoms with E-state index in [1.807, 2.05) is 6.92 Å². The second-order valence-corrected chi connectivity index (χ2v) is 5.32. The summed E-state index contributed by atoms with van der Waals surface area (Å²) in [6, 6.07) is 2.66. The zero-order valence-electron chi connectivity index (χ0n) is 12.3. The number of alkyl halides is 3. The van der Waals surface area contributed by atoms with Crippen molar-refractivity contribution in [2.75, 3.05) is 13.1 Å². The molecule has 1 aromatic rings. The molecule has 0 atom stereocenters. The summed E-state index contributed by atoms with van der Waals surface area (Å²) in [5, 5.41) is 6.10. The van der Waals surface area contributed by atoms with Gasteiger partial charge in [-0.3, -0.25) is 0 Å². The minimum Gasteiger partial charge on any atom is -0.357 e. The Morgan fingerprint density at radius 2 is 2.00 bits per heavy atom. The Hall–Kier alpha value is -1.79. The van der Waals surface area contributed by atoms with E-state index in [1.165, 1.54) is 12.8 Å². The lowest BCUT2D eigenvalue weighted by molar-refractivity contribution is -0.138. The third-order valence-electron chi connectivity index (χ3n) is 3.38. The first kappa shape index (κ1) is 16.6. The van der Waals surface area contributed by atoms with Crippen LogP contribution in [0.2, 0.25) is 0 Å². The molecule has 2 rings (SSSR count). The molecule has 0 aromatic heterocycles. The Bertz CT molecular complexity index is 536. The van der Waals surface area contributed by atoms with E-state index >= 15 is 0 Å². The lowest BCUT2D eigenvalue weighted by Crippen LogP contribution is -2.38. The van der Waals surface area contributed by atoms with Gasteiger partial charge in [0.15, 0.2) is 5.96 Å². The highest BCUT2D eigenvalue weighted by atomic mass is 19.4. The Balaban J connectivity index is 2.11. The predicted molar refractivity (Wildman–Crippen MR) is 76.9 cm³/mol. The fraction of sp³-hybridized carbons (Fsp3) is 0.533. The van der Waals surface area contributed by atoms with Crippen molar-refractivity contribution in [2.45, 2.75) is 32.5 Å². The summed E-state index contributed by atoms with van der Waals surface area (Å²) >= 11 is 0. The van der Waals surface area contributed by atoms with Gasteiger partial charge in [0.25, 0.3) is 0 Å². The second-order valence-electron chi connectivity index (χ2n) is 5.32. The van der Waals surface area contributed by atoms with Gasteiger partial charge in [-0.25, -0.2) is 9.38 Å². The largest absolute Gasteiger partial charge is 0.416 e. The number of hydrogen-bond acceptors (Lipinski definition) is 1. The van der Waals surface area contributed by atoms with E-state index in [2.05, 4.69) is 15.6 Å². The number of halogens is 4. The van der Waals surface area contributed by atoms with Crippen molar-refractivity contribution in [1.82, 2.24) is 10.6 Å². The van der Waals surface area contributed by atoms with Gasteiger partial charge in [-0.05, 0) is 43.4 Å². The molecule has 1 fully saturated rings. The van der Waals surface area contributed by atoms with Crippen molar-refractivity contribution >= 4 is 5.96 Å². The molecule has 0 radical (unpaired) electrons. The average Bonchev–Trinajstić information content (AvgIpc) is 3.26. The van der Waals surface area contributed by atoms with E-state index < -0.39 is 17.6 Å². The summed E-state index contributed by atoms with van der Waals surface area (Å²) < 4.78 is 51.8. The standard InChI is InChI=1S/C15H19F4N3/c1-2-20-14(21-8-10-3-4-10)22-9-11-5-6-12(16)7-13(11)15(17,18)19/h5-7,10H,2-4,8-9H2,1H3,(H2,20,21,22). The molecule has 1 saturated carbocycles. The number of rotatable bonds is 5. The first-order valence-electron chi connectivity index (χ1n) is 7.28. The Kier molecular flexibility index (Phi) is 5.26. The summed E-state index contributed by atoms with van der Waals surface area (Å²) in [6.07, 6.45) is -2.25. The monoisotopic (exact) mass is 317 g/mol. The minimum atomic E-state index is -4.59. The van der Waals surface area contributed by atoms with Gasteiger partial charge in [0.1, 0.15) is 5.82 Å². The van der Waals surface area contributed by atoms with E-state index in [0.717, 1.165) is 18.7 Å². The maximum atomic E-state index is 13.1. The molecular formula is C15H19F4N3. The van der Waals surface area contributed by atoms with Crippen LogP contribution < -0.4 is 10.6 Å². The van der Waals surface area contributed by atoms with Crippen molar-refractivity contribution in [2.24, 2.45) is 10.9 Å². The third-order valence-corrected chi connectivity index (χ3v) is 3.38. The molecule has 3 nitrogen and oxygen atoms in total. The van der Waals surface area contributed by atoms with Gasteiger partial charge in [0.05, 0.1) is 12.1 Å². The number of nitrogens with one attached hydrogen (secondary N) is 2. The summed E-state index contributed by atoms with van der Waals surface area (Å²) in [6.45, 7) is 3.11. The summed E-state index contributed by atoms with van der Waals surface area (Å²) in [5.41, 5.74) is -1.02. The van der Waals surface area contributed by atoms with Crippen LogP contribution in [0.15, 0.2) is 23.2 Å². The molecule has 0 aliphatic heterocycles. The maximum Gasteiger partial charge on any atom is 0.416 e. The van der Waals surface area contributed by atoms with Crippen LogP contribution in [0.1, 0.15) is 30.9 Å². The van der Waals surface area contributed by atoms with E-state index in [9.17, 15) is 17.6 Å². The van der Waals surface area contributed by atoms with Crippen LogP contribution in [-0.2, 0) is 12.7 Å². The Morgan fingerprint density at radius 3 is 2.59 bits per heavy atom. The van der Waals surface area contributed by atoms with Gasteiger partial charge < -0.3 is 10.6 Å². The molecule has 2 N–H and O–H groups in total. The number of guanidine groups is 1. The first-order chi connectivity index (χ1) is 10.4. The molecule has 7 heteroatoms. The molecule has 122 valence electrons. The summed E-state index contributed by atoms with van der Waals surface area (Å²) in [4.78, 5) is 4.16. The predicted octanol–water partition coefficient (Wildman–Crippen LogP) is 3.31. The molecule has 0 bridgehead atoms. The quantitative estimate of drug-likeness (QED) is 0.497. The molecule has 1 aromatic carbocycles. The Labute approximate surface area is 126 Å². The van der Waals surface area contributed by atoms with Gasteiger partial charge >= 0.3 is 6.18 Å². The number of nitrogens with zero attached hydrogens (tertiary/aromatic N) is 1. The van der Waals surface area contributed by atoms with E-state index in [1.54, 1.807) is 0 Å². The van der Waals surface area contributed by atoms with Crippen molar-refractivity contribution in [3.8, 4) is 0 Å². The number of hydrogen-bond donors (Lipinski definition) is 2. The van der Waals surface area contributed by atoms with Gasteiger partial charge in [0, 0.05) is 13.1 Å². The first-order valence-corrected chi connectivity index (χ1v) is 7.28. The van der Waals surface area contributed by atoms with Crippen LogP contribution >= 0.6 is 0 Å². The minimum absolute atomic E-state index is 0.0440. The highest BCUT2D eigenvalue weighted by molar-refractivity contribution is 5.79. The normalized spacial score (nSPS) is 15.8. The third kappa shape index (κ3) is 4.89. The molecule has 0 heterocycles. The van der Waals surface area contributed by atoms with Crippen molar-refractivity contribution in [3.63, 3.8) is 0 Å². The maximum absolute atomic E-state index is 13.1. The van der Waals surface area contributed by atoms with Crippen LogP contribution in [0, 0.1) is 11.7 Å².